The average molecular weight is 190 g/mol. The molecule has 1 aromatic rings. The van der Waals surface area contributed by atoms with Crippen LogP contribution in [0.15, 0.2) is 24.3 Å². The van der Waals surface area contributed by atoms with Gasteiger partial charge in [0.1, 0.15) is 23.1 Å². The molecule has 0 N–H and O–H groups in total. The molecule has 0 aliphatic carbocycles. The molecule has 3 rings (SSSR count). The van der Waals surface area contributed by atoms with Crippen molar-refractivity contribution in [1.82, 2.24) is 0 Å². The molecular weight excluding hydrogens is 176 g/mol. The molecule has 74 valence electrons. The van der Waals surface area contributed by atoms with E-state index in [1.165, 1.54) is 5.56 Å². The number of rotatable bonds is 0. The van der Waals surface area contributed by atoms with E-state index in [1.807, 2.05) is 18.2 Å². The maximum absolute atomic E-state index is 5.91. The van der Waals surface area contributed by atoms with Gasteiger partial charge in [0.15, 0.2) is 0 Å². The fourth-order valence-corrected chi connectivity index (χ4v) is 2.52. The molecule has 0 saturated carbocycles. The lowest BCUT2D eigenvalue weighted by Crippen LogP contribution is -2.41. The van der Waals surface area contributed by atoms with Crippen molar-refractivity contribution in [3.05, 3.63) is 29.8 Å². The SMILES string of the molecule is CC1(C)Oc2ccccc2C2(C)OC12. The quantitative estimate of drug-likeness (QED) is 0.586. The predicted octanol–water partition coefficient (Wildman–Crippen LogP) is 2.47. The largest absolute Gasteiger partial charge is 0.485 e. The summed E-state index contributed by atoms with van der Waals surface area (Å²) in [5, 5.41) is 0. The number of hydrogen-bond acceptors (Lipinski definition) is 2. The lowest BCUT2D eigenvalue weighted by Gasteiger charge is -2.32. The van der Waals surface area contributed by atoms with Gasteiger partial charge in [-0.15, -0.1) is 0 Å². The monoisotopic (exact) mass is 190 g/mol. The molecule has 2 atom stereocenters. The van der Waals surface area contributed by atoms with Crippen LogP contribution in [0.5, 0.6) is 5.75 Å². The molecular formula is C12H14O2. The van der Waals surface area contributed by atoms with Crippen LogP contribution in [0.25, 0.3) is 0 Å². The van der Waals surface area contributed by atoms with E-state index < -0.39 is 0 Å². The van der Waals surface area contributed by atoms with Gasteiger partial charge in [0.05, 0.1) is 0 Å². The predicted molar refractivity (Wildman–Crippen MR) is 53.4 cm³/mol. The van der Waals surface area contributed by atoms with Gasteiger partial charge in [0.25, 0.3) is 0 Å². The van der Waals surface area contributed by atoms with E-state index in [4.69, 9.17) is 9.47 Å². The Bertz CT molecular complexity index is 397. The van der Waals surface area contributed by atoms with Gasteiger partial charge in [-0.3, -0.25) is 0 Å². The van der Waals surface area contributed by atoms with Crippen LogP contribution < -0.4 is 4.74 Å². The van der Waals surface area contributed by atoms with Gasteiger partial charge in [0.2, 0.25) is 0 Å². The summed E-state index contributed by atoms with van der Waals surface area (Å²) in [6, 6.07) is 8.14. The van der Waals surface area contributed by atoms with E-state index in [0.717, 1.165) is 5.75 Å². The van der Waals surface area contributed by atoms with Crippen LogP contribution in [0.4, 0.5) is 0 Å². The molecule has 0 amide bonds. The molecule has 0 radical (unpaired) electrons. The summed E-state index contributed by atoms with van der Waals surface area (Å²) in [5.74, 6) is 0.966. The Hall–Kier alpha value is -1.02. The minimum Gasteiger partial charge on any atom is -0.485 e. The van der Waals surface area contributed by atoms with Crippen molar-refractivity contribution in [1.29, 1.82) is 0 Å². The van der Waals surface area contributed by atoms with Crippen LogP contribution in [0.2, 0.25) is 0 Å². The standard InChI is InChI=1S/C12H14O2/c1-11(2)10-12(3,14-10)8-6-4-5-7-9(8)13-11/h4-7,10H,1-3H3. The van der Waals surface area contributed by atoms with Crippen LogP contribution in [0.1, 0.15) is 26.3 Å². The molecule has 0 spiro atoms. The summed E-state index contributed by atoms with van der Waals surface area (Å²) in [6.45, 7) is 6.30. The van der Waals surface area contributed by atoms with Crippen LogP contribution in [0.3, 0.4) is 0 Å². The van der Waals surface area contributed by atoms with Crippen LogP contribution in [0, 0.1) is 0 Å². The lowest BCUT2D eigenvalue weighted by molar-refractivity contribution is 0.0713. The van der Waals surface area contributed by atoms with Crippen LogP contribution >= 0.6 is 0 Å². The minimum absolute atomic E-state index is 0.113. The number of fused-ring (bicyclic) bond motifs is 3. The van der Waals surface area contributed by atoms with Crippen molar-refractivity contribution >= 4 is 0 Å². The van der Waals surface area contributed by atoms with Crippen molar-refractivity contribution in [2.24, 2.45) is 0 Å². The Kier molecular flexibility index (Phi) is 1.27. The highest BCUT2D eigenvalue weighted by Crippen LogP contribution is 2.57. The average Bonchev–Trinajstić information content (AvgIpc) is 2.80. The Morgan fingerprint density at radius 1 is 1.14 bits per heavy atom. The highest BCUT2D eigenvalue weighted by molar-refractivity contribution is 5.45. The number of para-hydroxylation sites is 1. The van der Waals surface area contributed by atoms with Gasteiger partial charge in [0, 0.05) is 5.56 Å². The third-order valence-corrected chi connectivity index (χ3v) is 3.23. The Morgan fingerprint density at radius 3 is 2.64 bits per heavy atom. The third-order valence-electron chi connectivity index (χ3n) is 3.23. The lowest BCUT2D eigenvalue weighted by atomic mass is 9.86. The fraction of sp³-hybridized carbons (Fsp3) is 0.500. The first-order valence-corrected chi connectivity index (χ1v) is 5.00. The normalized spacial score (nSPS) is 36.6. The number of hydrogen-bond donors (Lipinski definition) is 0. The second kappa shape index (κ2) is 2.14. The molecule has 0 aromatic heterocycles. The maximum atomic E-state index is 5.91. The Morgan fingerprint density at radius 2 is 1.86 bits per heavy atom. The summed E-state index contributed by atoms with van der Waals surface area (Å²) in [7, 11) is 0. The molecule has 2 unspecified atom stereocenters. The second-order valence-electron chi connectivity index (χ2n) is 4.81. The van der Waals surface area contributed by atoms with Crippen molar-refractivity contribution in [2.75, 3.05) is 0 Å². The highest BCUT2D eigenvalue weighted by atomic mass is 16.7. The molecule has 2 aliphatic rings. The zero-order valence-corrected chi connectivity index (χ0v) is 8.70. The van der Waals surface area contributed by atoms with E-state index in [1.54, 1.807) is 0 Å². The van der Waals surface area contributed by atoms with E-state index in [0.29, 0.717) is 0 Å². The van der Waals surface area contributed by atoms with Crippen molar-refractivity contribution in [2.45, 2.75) is 38.1 Å². The first kappa shape index (κ1) is 8.30. The topological polar surface area (TPSA) is 21.8 Å². The first-order valence-electron chi connectivity index (χ1n) is 5.00. The zero-order valence-electron chi connectivity index (χ0n) is 8.70. The van der Waals surface area contributed by atoms with Crippen molar-refractivity contribution < 1.29 is 9.47 Å². The van der Waals surface area contributed by atoms with Crippen LogP contribution in [-0.2, 0) is 10.3 Å². The number of benzene rings is 1. The minimum atomic E-state index is -0.205. The van der Waals surface area contributed by atoms with Crippen LogP contribution in [-0.4, -0.2) is 11.7 Å². The summed E-state index contributed by atoms with van der Waals surface area (Å²) < 4.78 is 11.7. The van der Waals surface area contributed by atoms with Gasteiger partial charge < -0.3 is 9.47 Å². The van der Waals surface area contributed by atoms with Gasteiger partial charge in [-0.1, -0.05) is 18.2 Å². The molecule has 1 saturated heterocycles. The molecule has 2 heterocycles. The van der Waals surface area contributed by atoms with E-state index in [-0.39, 0.29) is 17.3 Å². The van der Waals surface area contributed by atoms with Gasteiger partial charge >= 0.3 is 0 Å². The molecule has 1 fully saturated rings. The molecule has 1 aromatic carbocycles. The summed E-state index contributed by atoms with van der Waals surface area (Å²) in [6.07, 6.45) is 0.199. The maximum Gasteiger partial charge on any atom is 0.133 e. The van der Waals surface area contributed by atoms with E-state index in [2.05, 4.69) is 26.8 Å². The second-order valence-corrected chi connectivity index (χ2v) is 4.81. The van der Waals surface area contributed by atoms with E-state index >= 15 is 0 Å². The molecule has 14 heavy (non-hydrogen) atoms. The summed E-state index contributed by atoms with van der Waals surface area (Å²) in [4.78, 5) is 0. The first-order chi connectivity index (χ1) is 6.54. The fourth-order valence-electron chi connectivity index (χ4n) is 2.52. The van der Waals surface area contributed by atoms with Gasteiger partial charge in [-0.2, -0.15) is 0 Å². The third kappa shape index (κ3) is 0.845. The summed E-state index contributed by atoms with van der Waals surface area (Å²) >= 11 is 0. The van der Waals surface area contributed by atoms with Gasteiger partial charge in [-0.25, -0.2) is 0 Å². The Labute approximate surface area is 83.8 Å². The van der Waals surface area contributed by atoms with Crippen molar-refractivity contribution in [3.8, 4) is 5.75 Å². The number of epoxide rings is 1. The van der Waals surface area contributed by atoms with E-state index in [9.17, 15) is 0 Å². The molecule has 2 heteroatoms. The molecule has 2 nitrogen and oxygen atoms in total. The van der Waals surface area contributed by atoms with Gasteiger partial charge in [-0.05, 0) is 26.8 Å². The smallest absolute Gasteiger partial charge is 0.133 e. The summed E-state index contributed by atoms with van der Waals surface area (Å²) in [5.41, 5.74) is 0.867. The zero-order chi connectivity index (χ0) is 9.97. The number of ether oxygens (including phenoxy) is 2. The Balaban J connectivity index is 2.18. The molecule has 0 bridgehead atoms. The molecule has 2 aliphatic heterocycles. The van der Waals surface area contributed by atoms with Crippen molar-refractivity contribution in [3.63, 3.8) is 0 Å². The highest BCUT2D eigenvalue weighted by Gasteiger charge is 2.65.